The third-order valence-corrected chi connectivity index (χ3v) is 3.59. The summed E-state index contributed by atoms with van der Waals surface area (Å²) in [6.07, 6.45) is 1.72. The maximum atomic E-state index is 11.5. The van der Waals surface area contributed by atoms with E-state index in [1.165, 1.54) is 18.4 Å². The van der Waals surface area contributed by atoms with E-state index in [4.69, 9.17) is 10.5 Å². The molecule has 1 aliphatic rings. The summed E-state index contributed by atoms with van der Waals surface area (Å²) in [7, 11) is 1.46. The van der Waals surface area contributed by atoms with E-state index in [-0.39, 0.29) is 11.9 Å². The molecule has 0 spiro atoms. The van der Waals surface area contributed by atoms with Crippen LogP contribution in [0.4, 0.5) is 11.4 Å². The van der Waals surface area contributed by atoms with Crippen molar-refractivity contribution in [2.24, 2.45) is 5.92 Å². The first-order valence-corrected chi connectivity index (χ1v) is 6.30. The van der Waals surface area contributed by atoms with Crippen LogP contribution in [0.25, 0.3) is 0 Å². The second-order valence-electron chi connectivity index (χ2n) is 4.83. The molecule has 1 aromatic carbocycles. The number of methoxy groups -OCH3 is 1. The van der Waals surface area contributed by atoms with E-state index in [9.17, 15) is 4.79 Å². The van der Waals surface area contributed by atoms with E-state index < -0.39 is 0 Å². The minimum atomic E-state index is -0.0799. The van der Waals surface area contributed by atoms with Crippen LogP contribution < -0.4 is 10.6 Å². The van der Waals surface area contributed by atoms with Gasteiger partial charge < -0.3 is 15.4 Å². The van der Waals surface area contributed by atoms with Crippen LogP contribution in [0, 0.1) is 12.8 Å². The third-order valence-electron chi connectivity index (χ3n) is 3.59. The van der Waals surface area contributed by atoms with Gasteiger partial charge in [-0.15, -0.1) is 0 Å². The monoisotopic (exact) mass is 248 g/mol. The zero-order chi connectivity index (χ0) is 13.1. The van der Waals surface area contributed by atoms with Gasteiger partial charge in [0.1, 0.15) is 0 Å². The van der Waals surface area contributed by atoms with E-state index in [2.05, 4.69) is 17.9 Å². The Hall–Kier alpha value is -1.71. The Morgan fingerprint density at radius 3 is 2.61 bits per heavy atom. The van der Waals surface area contributed by atoms with Crippen molar-refractivity contribution in [1.29, 1.82) is 0 Å². The summed E-state index contributed by atoms with van der Waals surface area (Å²) in [6, 6.07) is 5.97. The fourth-order valence-corrected chi connectivity index (χ4v) is 2.56. The van der Waals surface area contributed by atoms with Gasteiger partial charge in [-0.1, -0.05) is 0 Å². The number of nitrogens with zero attached hydrogens (tertiary/aromatic N) is 1. The Bertz CT molecular complexity index is 437. The minimum absolute atomic E-state index is 0.0559. The minimum Gasteiger partial charge on any atom is -0.469 e. The van der Waals surface area contributed by atoms with Crippen molar-refractivity contribution in [3.8, 4) is 0 Å². The number of aryl methyl sites for hydroxylation is 1. The number of rotatable bonds is 2. The lowest BCUT2D eigenvalue weighted by Crippen LogP contribution is -2.37. The van der Waals surface area contributed by atoms with E-state index in [1.54, 1.807) is 0 Å². The molecule has 1 aliphatic heterocycles. The van der Waals surface area contributed by atoms with Crippen molar-refractivity contribution in [2.45, 2.75) is 19.8 Å². The Morgan fingerprint density at radius 1 is 1.39 bits per heavy atom. The molecule has 2 rings (SSSR count). The number of carbonyl (C=O) groups is 1. The fourth-order valence-electron chi connectivity index (χ4n) is 2.56. The van der Waals surface area contributed by atoms with Crippen molar-refractivity contribution >= 4 is 17.3 Å². The van der Waals surface area contributed by atoms with E-state index in [1.807, 2.05) is 12.1 Å². The van der Waals surface area contributed by atoms with Gasteiger partial charge in [-0.2, -0.15) is 0 Å². The maximum Gasteiger partial charge on any atom is 0.308 e. The predicted octanol–water partition coefficient (Wildman–Crippen LogP) is 1.97. The van der Waals surface area contributed by atoms with Gasteiger partial charge in [0.15, 0.2) is 0 Å². The molecule has 0 unspecified atom stereocenters. The van der Waals surface area contributed by atoms with Crippen LogP contribution in [-0.2, 0) is 9.53 Å². The molecule has 1 fully saturated rings. The van der Waals surface area contributed by atoms with Crippen LogP contribution in [0.3, 0.4) is 0 Å². The number of esters is 1. The number of nitrogens with two attached hydrogens (primary N) is 1. The molecular formula is C14H20N2O2. The van der Waals surface area contributed by atoms with Gasteiger partial charge in [0.25, 0.3) is 0 Å². The highest BCUT2D eigenvalue weighted by molar-refractivity contribution is 5.72. The molecule has 18 heavy (non-hydrogen) atoms. The molecule has 4 heteroatoms. The first kappa shape index (κ1) is 12.7. The highest BCUT2D eigenvalue weighted by Crippen LogP contribution is 2.27. The molecule has 0 saturated carbocycles. The summed E-state index contributed by atoms with van der Waals surface area (Å²) < 4.78 is 4.80. The van der Waals surface area contributed by atoms with Crippen LogP contribution >= 0.6 is 0 Å². The number of piperidine rings is 1. The average molecular weight is 248 g/mol. The molecule has 98 valence electrons. The standard InChI is InChI=1S/C14H20N2O2/c1-10-9-12(15)3-4-13(10)16-7-5-11(6-8-16)14(17)18-2/h3-4,9,11H,5-8,15H2,1-2H3. The fraction of sp³-hybridized carbons (Fsp3) is 0.500. The number of hydrogen-bond acceptors (Lipinski definition) is 4. The van der Waals surface area contributed by atoms with E-state index >= 15 is 0 Å². The van der Waals surface area contributed by atoms with Gasteiger partial charge in [0.05, 0.1) is 13.0 Å². The zero-order valence-electron chi connectivity index (χ0n) is 11.0. The molecule has 0 aromatic heterocycles. The number of carbonyl (C=O) groups excluding carboxylic acids is 1. The lowest BCUT2D eigenvalue weighted by molar-refractivity contribution is -0.146. The van der Waals surface area contributed by atoms with Gasteiger partial charge in [0, 0.05) is 24.5 Å². The molecular weight excluding hydrogens is 228 g/mol. The first-order chi connectivity index (χ1) is 8.61. The van der Waals surface area contributed by atoms with Gasteiger partial charge in [0.2, 0.25) is 0 Å². The third kappa shape index (κ3) is 2.58. The topological polar surface area (TPSA) is 55.6 Å². The average Bonchev–Trinajstić information content (AvgIpc) is 2.38. The van der Waals surface area contributed by atoms with Crippen LogP contribution in [-0.4, -0.2) is 26.2 Å². The van der Waals surface area contributed by atoms with Gasteiger partial charge in [-0.3, -0.25) is 4.79 Å². The van der Waals surface area contributed by atoms with Crippen molar-refractivity contribution in [2.75, 3.05) is 30.8 Å². The van der Waals surface area contributed by atoms with Gasteiger partial charge in [-0.05, 0) is 43.5 Å². The smallest absolute Gasteiger partial charge is 0.308 e. The summed E-state index contributed by atoms with van der Waals surface area (Å²) in [5, 5.41) is 0. The molecule has 0 amide bonds. The zero-order valence-corrected chi connectivity index (χ0v) is 11.0. The molecule has 0 aliphatic carbocycles. The van der Waals surface area contributed by atoms with Crippen LogP contribution in [0.15, 0.2) is 18.2 Å². The molecule has 1 saturated heterocycles. The molecule has 0 atom stereocenters. The number of anilines is 2. The molecule has 2 N–H and O–H groups in total. The summed E-state index contributed by atoms with van der Waals surface area (Å²) >= 11 is 0. The number of benzene rings is 1. The van der Waals surface area contributed by atoms with Crippen molar-refractivity contribution in [1.82, 2.24) is 0 Å². The normalized spacial score (nSPS) is 16.7. The Kier molecular flexibility index (Phi) is 3.75. The maximum absolute atomic E-state index is 11.5. The lowest BCUT2D eigenvalue weighted by atomic mass is 9.96. The lowest BCUT2D eigenvalue weighted by Gasteiger charge is -2.33. The summed E-state index contributed by atoms with van der Waals surface area (Å²) in [6.45, 7) is 3.85. The van der Waals surface area contributed by atoms with Crippen molar-refractivity contribution in [3.05, 3.63) is 23.8 Å². The van der Waals surface area contributed by atoms with Crippen LogP contribution in [0.1, 0.15) is 18.4 Å². The number of nitrogen functional groups attached to an aromatic ring is 1. The predicted molar refractivity (Wildman–Crippen MR) is 72.5 cm³/mol. The molecule has 1 aromatic rings. The van der Waals surface area contributed by atoms with Crippen LogP contribution in [0.5, 0.6) is 0 Å². The summed E-state index contributed by atoms with van der Waals surface area (Å²) in [4.78, 5) is 13.8. The summed E-state index contributed by atoms with van der Waals surface area (Å²) in [5.74, 6) is -0.0241. The van der Waals surface area contributed by atoms with Gasteiger partial charge >= 0.3 is 5.97 Å². The first-order valence-electron chi connectivity index (χ1n) is 6.30. The number of ether oxygens (including phenoxy) is 1. The molecule has 4 nitrogen and oxygen atoms in total. The quantitative estimate of drug-likeness (QED) is 0.642. The largest absolute Gasteiger partial charge is 0.469 e. The highest BCUT2D eigenvalue weighted by atomic mass is 16.5. The Balaban J connectivity index is 2.03. The van der Waals surface area contributed by atoms with Crippen molar-refractivity contribution in [3.63, 3.8) is 0 Å². The van der Waals surface area contributed by atoms with E-state index in [0.717, 1.165) is 31.6 Å². The Morgan fingerprint density at radius 2 is 2.06 bits per heavy atom. The molecule has 0 bridgehead atoms. The molecule has 1 heterocycles. The SMILES string of the molecule is COC(=O)C1CCN(c2ccc(N)cc2C)CC1. The Labute approximate surface area is 108 Å². The highest BCUT2D eigenvalue weighted by Gasteiger charge is 2.26. The number of hydrogen-bond donors (Lipinski definition) is 1. The van der Waals surface area contributed by atoms with Crippen LogP contribution in [0.2, 0.25) is 0 Å². The second-order valence-corrected chi connectivity index (χ2v) is 4.83. The molecule has 0 radical (unpaired) electrons. The van der Waals surface area contributed by atoms with Crippen molar-refractivity contribution < 1.29 is 9.53 Å². The summed E-state index contributed by atoms with van der Waals surface area (Å²) in [5.41, 5.74) is 8.95. The van der Waals surface area contributed by atoms with Gasteiger partial charge in [-0.25, -0.2) is 0 Å². The van der Waals surface area contributed by atoms with E-state index in [0.29, 0.717) is 0 Å². The second kappa shape index (κ2) is 5.29.